The predicted molar refractivity (Wildman–Crippen MR) is 70.3 cm³/mol. The van der Waals surface area contributed by atoms with Crippen molar-refractivity contribution >= 4 is 0 Å². The topological polar surface area (TPSA) is 39.7 Å². The van der Waals surface area contributed by atoms with Crippen molar-refractivity contribution in [2.75, 3.05) is 34.4 Å². The molecule has 1 heterocycles. The summed E-state index contributed by atoms with van der Waals surface area (Å²) in [5.74, 6) is 2.12. The molecule has 1 aromatic rings. The molecule has 0 radical (unpaired) electrons. The van der Waals surface area contributed by atoms with Crippen LogP contribution in [-0.4, -0.2) is 34.4 Å². The first-order chi connectivity index (χ1) is 8.78. The lowest BCUT2D eigenvalue weighted by molar-refractivity contribution is 0.0906. The van der Waals surface area contributed by atoms with E-state index in [1.54, 1.807) is 14.2 Å². The molecule has 0 bridgehead atoms. The van der Waals surface area contributed by atoms with Crippen LogP contribution >= 0.6 is 0 Å². The van der Waals surface area contributed by atoms with Gasteiger partial charge in [-0.2, -0.15) is 0 Å². The van der Waals surface area contributed by atoms with Gasteiger partial charge in [0.1, 0.15) is 11.5 Å². The fraction of sp³-hybridized carbons (Fsp3) is 0.571. The highest BCUT2D eigenvalue weighted by Gasteiger charge is 2.29. The molecule has 0 aromatic heterocycles. The van der Waals surface area contributed by atoms with E-state index in [4.69, 9.17) is 14.2 Å². The van der Waals surface area contributed by atoms with Gasteiger partial charge in [-0.25, -0.2) is 0 Å². The third-order valence-electron chi connectivity index (χ3n) is 3.38. The zero-order valence-corrected chi connectivity index (χ0v) is 11.2. The van der Waals surface area contributed by atoms with Gasteiger partial charge in [0.2, 0.25) is 0 Å². The molecule has 1 aliphatic rings. The molecule has 1 aromatic carbocycles. The summed E-state index contributed by atoms with van der Waals surface area (Å²) in [7, 11) is 5.31. The Morgan fingerprint density at radius 1 is 1.22 bits per heavy atom. The summed E-state index contributed by atoms with van der Waals surface area (Å²) in [4.78, 5) is 0. The van der Waals surface area contributed by atoms with Crippen molar-refractivity contribution in [3.8, 4) is 11.5 Å². The lowest BCUT2D eigenvalue weighted by atomic mass is 9.95. The van der Waals surface area contributed by atoms with Crippen molar-refractivity contribution in [1.29, 1.82) is 0 Å². The maximum absolute atomic E-state index is 5.85. The standard InChI is InChI=1S/C14H21NO3/c1-15-9-10-4-5-18-14(10)11-6-12(16-2)8-13(7-11)17-3/h6-8,10,14-15H,4-5,9H2,1-3H3. The minimum absolute atomic E-state index is 0.126. The molecule has 4 heteroatoms. The van der Waals surface area contributed by atoms with Crippen molar-refractivity contribution in [1.82, 2.24) is 5.32 Å². The van der Waals surface area contributed by atoms with E-state index in [9.17, 15) is 0 Å². The number of nitrogens with one attached hydrogen (secondary N) is 1. The predicted octanol–water partition coefficient (Wildman–Crippen LogP) is 2.00. The molecule has 0 amide bonds. The Morgan fingerprint density at radius 3 is 2.44 bits per heavy atom. The molecule has 1 aliphatic heterocycles. The summed E-state index contributed by atoms with van der Waals surface area (Å²) in [6.45, 7) is 1.78. The van der Waals surface area contributed by atoms with Crippen molar-refractivity contribution in [2.24, 2.45) is 5.92 Å². The van der Waals surface area contributed by atoms with Crippen molar-refractivity contribution in [3.63, 3.8) is 0 Å². The van der Waals surface area contributed by atoms with E-state index in [-0.39, 0.29) is 6.10 Å². The van der Waals surface area contributed by atoms with Gasteiger partial charge in [-0.1, -0.05) is 0 Å². The van der Waals surface area contributed by atoms with Gasteiger partial charge in [-0.3, -0.25) is 0 Å². The lowest BCUT2D eigenvalue weighted by Crippen LogP contribution is -2.21. The molecule has 2 atom stereocenters. The smallest absolute Gasteiger partial charge is 0.122 e. The van der Waals surface area contributed by atoms with E-state index in [2.05, 4.69) is 5.32 Å². The van der Waals surface area contributed by atoms with Gasteiger partial charge >= 0.3 is 0 Å². The summed E-state index contributed by atoms with van der Waals surface area (Å²) >= 11 is 0. The quantitative estimate of drug-likeness (QED) is 0.869. The lowest BCUT2D eigenvalue weighted by Gasteiger charge is -2.19. The molecule has 0 saturated carbocycles. The van der Waals surface area contributed by atoms with Crippen molar-refractivity contribution < 1.29 is 14.2 Å². The molecule has 1 saturated heterocycles. The van der Waals surface area contributed by atoms with E-state index >= 15 is 0 Å². The van der Waals surface area contributed by atoms with E-state index in [0.29, 0.717) is 5.92 Å². The Labute approximate surface area is 108 Å². The first kappa shape index (κ1) is 13.2. The van der Waals surface area contributed by atoms with Crippen LogP contribution < -0.4 is 14.8 Å². The third kappa shape index (κ3) is 2.76. The zero-order valence-electron chi connectivity index (χ0n) is 11.2. The Hall–Kier alpha value is -1.26. The number of methoxy groups -OCH3 is 2. The molecule has 2 rings (SSSR count). The molecular formula is C14H21NO3. The number of hydrogen-bond acceptors (Lipinski definition) is 4. The SMILES string of the molecule is CNCC1CCOC1c1cc(OC)cc(OC)c1. The average molecular weight is 251 g/mol. The summed E-state index contributed by atoms with van der Waals surface area (Å²) in [5, 5.41) is 3.22. The Bertz CT molecular complexity index is 372. The van der Waals surface area contributed by atoms with Crippen LogP contribution in [0.2, 0.25) is 0 Å². The first-order valence-corrected chi connectivity index (χ1v) is 6.27. The van der Waals surface area contributed by atoms with Crippen LogP contribution in [0.4, 0.5) is 0 Å². The highest BCUT2D eigenvalue weighted by molar-refractivity contribution is 5.39. The van der Waals surface area contributed by atoms with E-state index in [1.807, 2.05) is 25.2 Å². The number of rotatable bonds is 5. The molecule has 18 heavy (non-hydrogen) atoms. The van der Waals surface area contributed by atoms with Gasteiger partial charge < -0.3 is 19.5 Å². The maximum atomic E-state index is 5.85. The second kappa shape index (κ2) is 6.07. The number of hydrogen-bond donors (Lipinski definition) is 1. The number of benzene rings is 1. The van der Waals surface area contributed by atoms with Crippen molar-refractivity contribution in [3.05, 3.63) is 23.8 Å². The molecule has 100 valence electrons. The second-order valence-electron chi connectivity index (χ2n) is 4.54. The van der Waals surface area contributed by atoms with E-state index < -0.39 is 0 Å². The van der Waals surface area contributed by atoms with Gasteiger partial charge in [0.15, 0.2) is 0 Å². The minimum Gasteiger partial charge on any atom is -0.497 e. The second-order valence-corrected chi connectivity index (χ2v) is 4.54. The molecular weight excluding hydrogens is 230 g/mol. The Balaban J connectivity index is 2.25. The van der Waals surface area contributed by atoms with E-state index in [0.717, 1.165) is 36.6 Å². The first-order valence-electron chi connectivity index (χ1n) is 6.27. The van der Waals surface area contributed by atoms with Crippen LogP contribution in [0, 0.1) is 5.92 Å². The maximum Gasteiger partial charge on any atom is 0.122 e. The molecule has 0 spiro atoms. The number of ether oxygens (including phenoxy) is 3. The van der Waals surface area contributed by atoms with E-state index in [1.165, 1.54) is 0 Å². The van der Waals surface area contributed by atoms with Crippen LogP contribution in [0.1, 0.15) is 18.1 Å². The van der Waals surface area contributed by atoms with Crippen LogP contribution in [0.5, 0.6) is 11.5 Å². The average Bonchev–Trinajstić information content (AvgIpc) is 2.87. The largest absolute Gasteiger partial charge is 0.497 e. The monoisotopic (exact) mass is 251 g/mol. The molecule has 4 nitrogen and oxygen atoms in total. The van der Waals surface area contributed by atoms with Gasteiger partial charge in [0, 0.05) is 25.1 Å². The Kier molecular flexibility index (Phi) is 4.44. The normalized spacial score (nSPS) is 23.1. The highest BCUT2D eigenvalue weighted by atomic mass is 16.5. The fourth-order valence-electron chi connectivity index (χ4n) is 2.47. The molecule has 2 unspecified atom stereocenters. The fourth-order valence-corrected chi connectivity index (χ4v) is 2.47. The van der Waals surface area contributed by atoms with Gasteiger partial charge in [0.05, 0.1) is 20.3 Å². The molecule has 0 aliphatic carbocycles. The Morgan fingerprint density at radius 2 is 1.89 bits per heavy atom. The summed E-state index contributed by atoms with van der Waals surface area (Å²) < 4.78 is 16.5. The summed E-state index contributed by atoms with van der Waals surface area (Å²) in [6, 6.07) is 5.94. The summed E-state index contributed by atoms with van der Waals surface area (Å²) in [5.41, 5.74) is 1.13. The molecule has 1 fully saturated rings. The van der Waals surface area contributed by atoms with Gasteiger partial charge in [-0.05, 0) is 31.2 Å². The van der Waals surface area contributed by atoms with Crippen LogP contribution in [-0.2, 0) is 4.74 Å². The molecule has 1 N–H and O–H groups in total. The van der Waals surface area contributed by atoms with Gasteiger partial charge in [0.25, 0.3) is 0 Å². The third-order valence-corrected chi connectivity index (χ3v) is 3.38. The minimum atomic E-state index is 0.126. The van der Waals surface area contributed by atoms with Crippen LogP contribution in [0.15, 0.2) is 18.2 Å². The zero-order chi connectivity index (χ0) is 13.0. The van der Waals surface area contributed by atoms with Crippen LogP contribution in [0.3, 0.4) is 0 Å². The van der Waals surface area contributed by atoms with Crippen molar-refractivity contribution in [2.45, 2.75) is 12.5 Å². The summed E-state index contributed by atoms with van der Waals surface area (Å²) in [6.07, 6.45) is 1.21. The highest BCUT2D eigenvalue weighted by Crippen LogP contribution is 2.37. The van der Waals surface area contributed by atoms with Crippen LogP contribution in [0.25, 0.3) is 0 Å². The van der Waals surface area contributed by atoms with Gasteiger partial charge in [-0.15, -0.1) is 0 Å².